The van der Waals surface area contributed by atoms with E-state index in [0.717, 1.165) is 30.8 Å². The van der Waals surface area contributed by atoms with E-state index < -0.39 is 0 Å². The highest BCUT2D eigenvalue weighted by Gasteiger charge is 2.36. The van der Waals surface area contributed by atoms with Crippen LogP contribution in [0.2, 0.25) is 0 Å². The molecule has 2 heterocycles. The molecule has 0 amide bonds. The summed E-state index contributed by atoms with van der Waals surface area (Å²) in [6.45, 7) is 0.807. The van der Waals surface area contributed by atoms with Crippen molar-refractivity contribution in [1.29, 1.82) is 0 Å². The second kappa shape index (κ2) is 2.95. The van der Waals surface area contributed by atoms with Gasteiger partial charge < -0.3 is 9.47 Å². The molecule has 3 rings (SSSR count). The molecule has 0 bridgehead atoms. The van der Waals surface area contributed by atoms with Crippen molar-refractivity contribution in [1.82, 2.24) is 0 Å². The molecular formula is C11H11FO2. The van der Waals surface area contributed by atoms with Gasteiger partial charge in [0.25, 0.3) is 0 Å². The van der Waals surface area contributed by atoms with Crippen LogP contribution < -0.4 is 4.74 Å². The van der Waals surface area contributed by atoms with E-state index in [1.165, 1.54) is 6.07 Å². The lowest BCUT2D eigenvalue weighted by Crippen LogP contribution is -2.27. The minimum atomic E-state index is -0.187. The lowest BCUT2D eigenvalue weighted by Gasteiger charge is -2.24. The molecule has 1 unspecified atom stereocenters. The summed E-state index contributed by atoms with van der Waals surface area (Å²) in [5.74, 6) is 0.631. The predicted molar refractivity (Wildman–Crippen MR) is 48.9 cm³/mol. The van der Waals surface area contributed by atoms with E-state index in [-0.39, 0.29) is 18.0 Å². The monoisotopic (exact) mass is 194 g/mol. The zero-order chi connectivity index (χ0) is 9.54. The molecule has 1 aromatic carbocycles. The number of hydrogen-bond donors (Lipinski definition) is 0. The van der Waals surface area contributed by atoms with Gasteiger partial charge in [-0.1, -0.05) is 0 Å². The summed E-state index contributed by atoms with van der Waals surface area (Å²) >= 11 is 0. The fraction of sp³-hybridized carbons (Fsp3) is 0.455. The molecular weight excluding hydrogens is 183 g/mol. The topological polar surface area (TPSA) is 21.8 Å². The molecule has 0 aliphatic carbocycles. The van der Waals surface area contributed by atoms with E-state index in [1.807, 2.05) is 0 Å². The molecule has 0 N–H and O–H groups in total. The first-order valence-electron chi connectivity index (χ1n) is 4.89. The first-order chi connectivity index (χ1) is 6.83. The smallest absolute Gasteiger partial charge is 0.127 e. The first-order valence-corrected chi connectivity index (χ1v) is 4.89. The SMILES string of the molecule is Fc1ccc2c(c1)CC[C@H](C1CO1)O2. The lowest BCUT2D eigenvalue weighted by atomic mass is 10.0. The van der Waals surface area contributed by atoms with Gasteiger partial charge in [0.1, 0.15) is 23.8 Å². The summed E-state index contributed by atoms with van der Waals surface area (Å²) in [5.41, 5.74) is 0.974. The van der Waals surface area contributed by atoms with Crippen LogP contribution in [0.15, 0.2) is 18.2 Å². The van der Waals surface area contributed by atoms with Crippen LogP contribution in [-0.2, 0) is 11.2 Å². The van der Waals surface area contributed by atoms with Crippen LogP contribution >= 0.6 is 0 Å². The molecule has 14 heavy (non-hydrogen) atoms. The fourth-order valence-electron chi connectivity index (χ4n) is 1.91. The highest BCUT2D eigenvalue weighted by Crippen LogP contribution is 2.32. The molecule has 0 saturated carbocycles. The molecule has 3 heteroatoms. The Morgan fingerprint density at radius 3 is 2.93 bits per heavy atom. The number of fused-ring (bicyclic) bond motifs is 1. The van der Waals surface area contributed by atoms with Gasteiger partial charge in [-0.25, -0.2) is 4.39 Å². The third-order valence-electron chi connectivity index (χ3n) is 2.77. The normalized spacial score (nSPS) is 29.2. The number of ether oxygens (including phenoxy) is 2. The summed E-state index contributed by atoms with van der Waals surface area (Å²) in [5, 5.41) is 0. The van der Waals surface area contributed by atoms with Crippen molar-refractivity contribution in [2.24, 2.45) is 0 Å². The minimum Gasteiger partial charge on any atom is -0.487 e. The van der Waals surface area contributed by atoms with Gasteiger partial charge in [-0.05, 0) is 36.6 Å². The van der Waals surface area contributed by atoms with Crippen LogP contribution in [0.1, 0.15) is 12.0 Å². The molecule has 1 fully saturated rings. The maximum atomic E-state index is 12.9. The van der Waals surface area contributed by atoms with Crippen molar-refractivity contribution in [3.63, 3.8) is 0 Å². The summed E-state index contributed by atoms with van der Waals surface area (Å²) in [4.78, 5) is 0. The van der Waals surface area contributed by atoms with Gasteiger partial charge in [-0.2, -0.15) is 0 Å². The predicted octanol–water partition coefficient (Wildman–Crippen LogP) is 1.92. The average Bonchev–Trinajstić information content (AvgIpc) is 3.00. The number of halogens is 1. The number of aryl methyl sites for hydroxylation is 1. The van der Waals surface area contributed by atoms with Crippen LogP contribution in [0.5, 0.6) is 5.75 Å². The lowest BCUT2D eigenvalue weighted by molar-refractivity contribution is 0.136. The Kier molecular flexibility index (Phi) is 1.74. The molecule has 1 saturated heterocycles. The van der Waals surface area contributed by atoms with E-state index >= 15 is 0 Å². The Bertz CT molecular complexity index is 360. The molecule has 0 radical (unpaired) electrons. The molecule has 0 aromatic heterocycles. The first kappa shape index (κ1) is 8.24. The summed E-state index contributed by atoms with van der Waals surface area (Å²) < 4.78 is 23.8. The second-order valence-electron chi connectivity index (χ2n) is 3.82. The number of hydrogen-bond acceptors (Lipinski definition) is 2. The van der Waals surface area contributed by atoms with Crippen molar-refractivity contribution in [3.8, 4) is 5.75 Å². The van der Waals surface area contributed by atoms with Crippen LogP contribution in [0, 0.1) is 5.82 Å². The highest BCUT2D eigenvalue weighted by molar-refractivity contribution is 5.36. The van der Waals surface area contributed by atoms with Gasteiger partial charge in [-0.15, -0.1) is 0 Å². The Labute approximate surface area is 81.6 Å². The van der Waals surface area contributed by atoms with Gasteiger partial charge in [0.05, 0.1) is 6.61 Å². The quantitative estimate of drug-likeness (QED) is 0.637. The van der Waals surface area contributed by atoms with Gasteiger partial charge in [0.2, 0.25) is 0 Å². The van der Waals surface area contributed by atoms with Crippen LogP contribution in [0.4, 0.5) is 4.39 Å². The minimum absolute atomic E-state index is 0.174. The molecule has 2 aliphatic rings. The van der Waals surface area contributed by atoms with E-state index in [1.54, 1.807) is 12.1 Å². The molecule has 0 spiro atoms. The van der Waals surface area contributed by atoms with Gasteiger partial charge in [0, 0.05) is 0 Å². The molecule has 2 nitrogen and oxygen atoms in total. The van der Waals surface area contributed by atoms with E-state index in [4.69, 9.17) is 9.47 Å². The Hall–Kier alpha value is -1.09. The van der Waals surface area contributed by atoms with Crippen molar-refractivity contribution in [2.45, 2.75) is 25.0 Å². The summed E-state index contributed by atoms with van der Waals surface area (Å²) in [6, 6.07) is 4.70. The van der Waals surface area contributed by atoms with Crippen molar-refractivity contribution >= 4 is 0 Å². The summed E-state index contributed by atoms with van der Waals surface area (Å²) in [7, 11) is 0. The van der Waals surface area contributed by atoms with E-state index in [2.05, 4.69) is 0 Å². The maximum absolute atomic E-state index is 12.9. The summed E-state index contributed by atoms with van der Waals surface area (Å²) in [6.07, 6.45) is 2.26. The van der Waals surface area contributed by atoms with Crippen LogP contribution in [0.25, 0.3) is 0 Å². The van der Waals surface area contributed by atoms with Gasteiger partial charge >= 0.3 is 0 Å². The van der Waals surface area contributed by atoms with Crippen LogP contribution in [-0.4, -0.2) is 18.8 Å². The molecule has 74 valence electrons. The number of benzene rings is 1. The maximum Gasteiger partial charge on any atom is 0.127 e. The van der Waals surface area contributed by atoms with Gasteiger partial charge in [-0.3, -0.25) is 0 Å². The Balaban J connectivity index is 1.86. The Morgan fingerprint density at radius 1 is 1.29 bits per heavy atom. The van der Waals surface area contributed by atoms with Crippen molar-refractivity contribution < 1.29 is 13.9 Å². The zero-order valence-electron chi connectivity index (χ0n) is 7.70. The molecule has 2 atom stereocenters. The highest BCUT2D eigenvalue weighted by atomic mass is 19.1. The fourth-order valence-corrected chi connectivity index (χ4v) is 1.91. The van der Waals surface area contributed by atoms with Crippen molar-refractivity contribution in [3.05, 3.63) is 29.6 Å². The van der Waals surface area contributed by atoms with E-state index in [9.17, 15) is 4.39 Å². The largest absolute Gasteiger partial charge is 0.487 e. The van der Waals surface area contributed by atoms with Crippen molar-refractivity contribution in [2.75, 3.05) is 6.61 Å². The third kappa shape index (κ3) is 1.38. The Morgan fingerprint density at radius 2 is 2.14 bits per heavy atom. The second-order valence-corrected chi connectivity index (χ2v) is 3.82. The molecule has 2 aliphatic heterocycles. The van der Waals surface area contributed by atoms with E-state index in [0.29, 0.717) is 0 Å². The van der Waals surface area contributed by atoms with Gasteiger partial charge in [0.15, 0.2) is 0 Å². The molecule has 1 aromatic rings. The standard InChI is InChI=1S/C11H11FO2/c12-8-2-4-9-7(5-8)1-3-10(14-9)11-6-13-11/h2,4-5,10-11H,1,3,6H2/t10-,11?/m1/s1. The van der Waals surface area contributed by atoms with Crippen LogP contribution in [0.3, 0.4) is 0 Å². The zero-order valence-corrected chi connectivity index (χ0v) is 7.70. The average molecular weight is 194 g/mol. The number of rotatable bonds is 1. The third-order valence-corrected chi connectivity index (χ3v) is 2.77. The number of epoxide rings is 1.